The first kappa shape index (κ1) is 19.8. The normalized spacial score (nSPS) is 21.0. The van der Waals surface area contributed by atoms with Gasteiger partial charge in [0.1, 0.15) is 6.04 Å². The number of nitrogens with one attached hydrogen (secondary N) is 1. The maximum atomic E-state index is 13.5. The number of fused-ring (bicyclic) bond motifs is 4. The molecule has 1 saturated heterocycles. The molecule has 0 saturated carbocycles. The number of benzene rings is 2. The largest absolute Gasteiger partial charge is 0.356 e. The molecule has 1 fully saturated rings. The lowest BCUT2D eigenvalue weighted by atomic mass is 9.86. The Kier molecular flexibility index (Phi) is 5.02. The van der Waals surface area contributed by atoms with Crippen molar-refractivity contribution >= 4 is 22.7 Å². The van der Waals surface area contributed by atoms with Gasteiger partial charge in [0.15, 0.2) is 0 Å². The minimum absolute atomic E-state index is 0.0209. The monoisotopic (exact) mass is 416 g/mol. The van der Waals surface area contributed by atoms with E-state index in [1.54, 1.807) is 4.90 Å². The first-order valence-corrected chi connectivity index (χ1v) is 10.9. The van der Waals surface area contributed by atoms with Crippen molar-refractivity contribution in [3.05, 3.63) is 71.4 Å². The SMILES string of the molecule is CN(C)CCCN1CC(=O)N2[C@@H](c3ccccc3)c3[nH]c4ccccc4c3C[C@H]2C1=O. The maximum absolute atomic E-state index is 13.5. The minimum atomic E-state index is -0.461. The highest BCUT2D eigenvalue weighted by atomic mass is 16.2. The van der Waals surface area contributed by atoms with Gasteiger partial charge in [-0.2, -0.15) is 0 Å². The van der Waals surface area contributed by atoms with Gasteiger partial charge < -0.3 is 19.7 Å². The fourth-order valence-electron chi connectivity index (χ4n) is 5.07. The summed E-state index contributed by atoms with van der Waals surface area (Å²) in [7, 11) is 4.05. The Bertz CT molecular complexity index is 1120. The number of H-pyrrole nitrogens is 1. The van der Waals surface area contributed by atoms with Crippen LogP contribution in [0.4, 0.5) is 0 Å². The van der Waals surface area contributed by atoms with Gasteiger partial charge in [-0.1, -0.05) is 48.5 Å². The van der Waals surface area contributed by atoms with Crippen LogP contribution in [0, 0.1) is 0 Å². The zero-order valence-corrected chi connectivity index (χ0v) is 18.0. The molecular formula is C25H28N4O2. The van der Waals surface area contributed by atoms with Crippen molar-refractivity contribution in [3.63, 3.8) is 0 Å². The minimum Gasteiger partial charge on any atom is -0.356 e. The van der Waals surface area contributed by atoms with Crippen molar-refractivity contribution in [3.8, 4) is 0 Å². The summed E-state index contributed by atoms with van der Waals surface area (Å²) in [5.41, 5.74) is 4.27. The average molecular weight is 417 g/mol. The van der Waals surface area contributed by atoms with Crippen molar-refractivity contribution in [1.82, 2.24) is 19.7 Å². The number of nitrogens with zero attached hydrogens (tertiary/aromatic N) is 3. The lowest BCUT2D eigenvalue weighted by molar-refractivity contribution is -0.158. The highest BCUT2D eigenvalue weighted by molar-refractivity contribution is 5.97. The molecule has 0 unspecified atom stereocenters. The summed E-state index contributed by atoms with van der Waals surface area (Å²) < 4.78 is 0. The Balaban J connectivity index is 1.57. The summed E-state index contributed by atoms with van der Waals surface area (Å²) in [6, 6.07) is 17.5. The third-order valence-corrected chi connectivity index (χ3v) is 6.49. The molecule has 5 rings (SSSR count). The number of piperazine rings is 1. The molecule has 31 heavy (non-hydrogen) atoms. The van der Waals surface area contributed by atoms with Crippen LogP contribution in [0.15, 0.2) is 54.6 Å². The molecule has 1 aromatic heterocycles. The number of carbonyl (C=O) groups is 2. The third-order valence-electron chi connectivity index (χ3n) is 6.49. The van der Waals surface area contributed by atoms with Crippen LogP contribution >= 0.6 is 0 Å². The average Bonchev–Trinajstić information content (AvgIpc) is 3.14. The van der Waals surface area contributed by atoms with Gasteiger partial charge in [-0.25, -0.2) is 0 Å². The van der Waals surface area contributed by atoms with Gasteiger partial charge in [0.05, 0.1) is 12.6 Å². The van der Waals surface area contributed by atoms with E-state index in [9.17, 15) is 9.59 Å². The number of rotatable bonds is 5. The van der Waals surface area contributed by atoms with Gasteiger partial charge in [0.25, 0.3) is 0 Å². The molecule has 0 bridgehead atoms. The van der Waals surface area contributed by atoms with Gasteiger partial charge >= 0.3 is 0 Å². The van der Waals surface area contributed by atoms with Gasteiger partial charge in [0, 0.05) is 29.6 Å². The van der Waals surface area contributed by atoms with E-state index in [2.05, 4.69) is 22.0 Å². The van der Waals surface area contributed by atoms with Crippen LogP contribution in [-0.2, 0) is 16.0 Å². The van der Waals surface area contributed by atoms with Gasteiger partial charge in [-0.15, -0.1) is 0 Å². The number of hydrogen-bond donors (Lipinski definition) is 1. The van der Waals surface area contributed by atoms with E-state index in [4.69, 9.17) is 0 Å². The molecule has 3 aromatic rings. The Labute approximate surface area is 182 Å². The number of amides is 2. The van der Waals surface area contributed by atoms with Crippen molar-refractivity contribution in [2.24, 2.45) is 0 Å². The van der Waals surface area contributed by atoms with Crippen molar-refractivity contribution in [2.45, 2.75) is 24.9 Å². The Morgan fingerprint density at radius 2 is 1.77 bits per heavy atom. The predicted octanol–water partition coefficient (Wildman–Crippen LogP) is 2.80. The molecule has 2 aliphatic heterocycles. The van der Waals surface area contributed by atoms with Crippen LogP contribution in [0.2, 0.25) is 0 Å². The fourth-order valence-corrected chi connectivity index (χ4v) is 5.07. The topological polar surface area (TPSA) is 59.6 Å². The van der Waals surface area contributed by atoms with Crippen molar-refractivity contribution in [2.75, 3.05) is 33.7 Å². The van der Waals surface area contributed by atoms with Gasteiger partial charge in [-0.3, -0.25) is 9.59 Å². The van der Waals surface area contributed by atoms with Gasteiger partial charge in [0.2, 0.25) is 11.8 Å². The summed E-state index contributed by atoms with van der Waals surface area (Å²) >= 11 is 0. The first-order chi connectivity index (χ1) is 15.0. The Morgan fingerprint density at radius 1 is 1.03 bits per heavy atom. The lowest BCUT2D eigenvalue weighted by Crippen LogP contribution is -2.63. The summed E-state index contributed by atoms with van der Waals surface area (Å²) in [5, 5.41) is 1.14. The van der Waals surface area contributed by atoms with Crippen molar-refractivity contribution < 1.29 is 9.59 Å². The highest BCUT2D eigenvalue weighted by Crippen LogP contribution is 2.42. The Morgan fingerprint density at radius 3 is 2.55 bits per heavy atom. The van der Waals surface area contributed by atoms with Crippen LogP contribution in [0.5, 0.6) is 0 Å². The molecular weight excluding hydrogens is 388 g/mol. The van der Waals surface area contributed by atoms with E-state index in [1.165, 1.54) is 0 Å². The van der Waals surface area contributed by atoms with E-state index in [-0.39, 0.29) is 24.4 Å². The molecule has 2 aromatic carbocycles. The van der Waals surface area contributed by atoms with E-state index in [0.29, 0.717) is 13.0 Å². The molecule has 2 amide bonds. The summed E-state index contributed by atoms with van der Waals surface area (Å²) in [6.07, 6.45) is 1.41. The standard InChI is InChI=1S/C25H28N4O2/c1-27(2)13-8-14-28-16-22(30)29-21(25(28)31)15-19-18-11-6-7-12-20(18)26-23(19)24(29)17-9-4-3-5-10-17/h3-7,9-12,21,24,26H,8,13-16H2,1-2H3/t21-,24-/m0/s1. The number of hydrogen-bond acceptors (Lipinski definition) is 3. The quantitative estimate of drug-likeness (QED) is 0.696. The molecule has 0 radical (unpaired) electrons. The molecule has 3 heterocycles. The van der Waals surface area contributed by atoms with Crippen LogP contribution in [0.1, 0.15) is 29.3 Å². The fraction of sp³-hybridized carbons (Fsp3) is 0.360. The second-order valence-corrected chi connectivity index (χ2v) is 8.81. The lowest BCUT2D eigenvalue weighted by Gasteiger charge is -2.47. The second-order valence-electron chi connectivity index (χ2n) is 8.81. The van der Waals surface area contributed by atoms with E-state index >= 15 is 0 Å². The molecule has 6 nitrogen and oxygen atoms in total. The number of para-hydroxylation sites is 1. The van der Waals surface area contributed by atoms with Crippen LogP contribution in [0.3, 0.4) is 0 Å². The molecule has 0 spiro atoms. The van der Waals surface area contributed by atoms with Crippen LogP contribution in [0.25, 0.3) is 10.9 Å². The first-order valence-electron chi connectivity index (χ1n) is 10.9. The van der Waals surface area contributed by atoms with E-state index < -0.39 is 6.04 Å². The van der Waals surface area contributed by atoms with Gasteiger partial charge in [-0.05, 0) is 44.3 Å². The summed E-state index contributed by atoms with van der Waals surface area (Å²) in [5.74, 6) is 0.0860. The molecule has 2 aliphatic rings. The van der Waals surface area contributed by atoms with Crippen LogP contribution in [-0.4, -0.2) is 71.3 Å². The van der Waals surface area contributed by atoms with E-state index in [1.807, 2.05) is 61.5 Å². The second kappa shape index (κ2) is 7.85. The molecule has 1 N–H and O–H groups in total. The number of aromatic amines is 1. The highest BCUT2D eigenvalue weighted by Gasteiger charge is 2.47. The smallest absolute Gasteiger partial charge is 0.246 e. The molecule has 160 valence electrons. The van der Waals surface area contributed by atoms with Crippen molar-refractivity contribution in [1.29, 1.82) is 0 Å². The zero-order valence-electron chi connectivity index (χ0n) is 18.0. The molecule has 6 heteroatoms. The molecule has 0 aliphatic carbocycles. The summed E-state index contributed by atoms with van der Waals surface area (Å²) in [6.45, 7) is 1.66. The Hall–Kier alpha value is -3.12. The predicted molar refractivity (Wildman–Crippen MR) is 121 cm³/mol. The number of carbonyl (C=O) groups excluding carboxylic acids is 2. The third kappa shape index (κ3) is 3.41. The van der Waals surface area contributed by atoms with E-state index in [0.717, 1.165) is 40.7 Å². The maximum Gasteiger partial charge on any atom is 0.246 e. The molecule has 2 atom stereocenters. The summed E-state index contributed by atoms with van der Waals surface area (Å²) in [4.78, 5) is 36.2. The number of aromatic nitrogens is 1. The zero-order chi connectivity index (χ0) is 21.5. The van der Waals surface area contributed by atoms with Crippen LogP contribution < -0.4 is 0 Å².